The molecule has 0 radical (unpaired) electrons. The van der Waals surface area contributed by atoms with Crippen LogP contribution >= 0.6 is 0 Å². The van der Waals surface area contributed by atoms with E-state index in [0.29, 0.717) is 12.3 Å². The number of aliphatic hydroxyl groups excluding tert-OH is 1. The monoisotopic (exact) mass is 442 g/mol. The Labute approximate surface area is 190 Å². The number of carbonyl (C=O) groups excluding carboxylic acids is 1. The molecule has 2 aromatic rings. The lowest BCUT2D eigenvalue weighted by Crippen LogP contribution is -2.27. The van der Waals surface area contributed by atoms with Gasteiger partial charge in [0.25, 0.3) is 5.69 Å². The number of nitro groups is 1. The number of benzene rings is 2. The largest absolute Gasteiger partial charge is 0.491 e. The first kappa shape index (κ1) is 25.5. The zero-order chi connectivity index (χ0) is 23.8. The van der Waals surface area contributed by atoms with Crippen molar-refractivity contribution in [2.45, 2.75) is 53.2 Å². The van der Waals surface area contributed by atoms with Gasteiger partial charge in [0.15, 0.2) is 5.78 Å². The number of nitro benzene ring substituents is 1. The average molecular weight is 443 g/mol. The molecule has 0 saturated carbocycles. The Morgan fingerprint density at radius 3 is 2.28 bits per heavy atom. The maximum atomic E-state index is 12.1. The van der Waals surface area contributed by atoms with E-state index in [2.05, 4.69) is 12.2 Å². The van der Waals surface area contributed by atoms with Crippen LogP contribution in [-0.2, 0) is 6.42 Å². The molecule has 2 rings (SSSR count). The molecule has 0 saturated heterocycles. The molecule has 0 aliphatic rings. The summed E-state index contributed by atoms with van der Waals surface area (Å²) in [7, 11) is 0. The number of aliphatic hydroxyl groups is 1. The molecule has 0 bridgehead atoms. The molecule has 0 aliphatic carbocycles. The van der Waals surface area contributed by atoms with Crippen LogP contribution in [0, 0.1) is 22.0 Å². The summed E-state index contributed by atoms with van der Waals surface area (Å²) < 4.78 is 5.61. The maximum Gasteiger partial charge on any atom is 0.275 e. The number of nitrogens with zero attached hydrogens (tertiary/aromatic N) is 1. The number of carbonyl (C=O) groups is 1. The van der Waals surface area contributed by atoms with Crippen molar-refractivity contribution in [2.75, 3.05) is 13.1 Å². The Bertz CT molecular complexity index is 909. The molecule has 0 aromatic heterocycles. The van der Waals surface area contributed by atoms with Crippen LogP contribution in [0.3, 0.4) is 0 Å². The highest BCUT2D eigenvalue weighted by molar-refractivity contribution is 5.97. The van der Waals surface area contributed by atoms with E-state index in [4.69, 9.17) is 4.74 Å². The van der Waals surface area contributed by atoms with Gasteiger partial charge in [0.05, 0.1) is 22.7 Å². The van der Waals surface area contributed by atoms with Crippen molar-refractivity contribution in [3.63, 3.8) is 0 Å². The fourth-order valence-electron chi connectivity index (χ4n) is 3.50. The summed E-state index contributed by atoms with van der Waals surface area (Å²) in [6.45, 7) is 10.4. The number of hydrogen-bond donors (Lipinski definition) is 2. The van der Waals surface area contributed by atoms with Crippen molar-refractivity contribution in [1.82, 2.24) is 5.32 Å². The minimum atomic E-state index is -1.03. The van der Waals surface area contributed by atoms with E-state index in [0.717, 1.165) is 17.5 Å². The van der Waals surface area contributed by atoms with Crippen LogP contribution in [0.5, 0.6) is 5.75 Å². The van der Waals surface area contributed by atoms with E-state index in [1.165, 1.54) is 12.1 Å². The van der Waals surface area contributed by atoms with Crippen LogP contribution in [0.2, 0.25) is 0 Å². The highest BCUT2D eigenvalue weighted by atomic mass is 16.6. The lowest BCUT2D eigenvalue weighted by Gasteiger charge is -2.17. The standard InChI is InChI=1S/C25H34N2O5/c1-16(2)25(29)20-8-6-19(7-9-20)12-18(5)14-26-15-24(28)22-13-21(32-17(3)4)10-11-23(22)27(30)31/h6-11,13,16-18,24,26,28H,12,14-15H2,1-5H3. The summed E-state index contributed by atoms with van der Waals surface area (Å²) >= 11 is 0. The predicted octanol–water partition coefficient (Wildman–Crippen LogP) is 4.72. The van der Waals surface area contributed by atoms with E-state index in [1.807, 2.05) is 52.0 Å². The summed E-state index contributed by atoms with van der Waals surface area (Å²) in [5.41, 5.74) is 1.97. The molecule has 2 N–H and O–H groups in total. The fraction of sp³-hybridized carbons (Fsp3) is 0.480. The van der Waals surface area contributed by atoms with E-state index < -0.39 is 11.0 Å². The summed E-state index contributed by atoms with van der Waals surface area (Å²) in [6, 6.07) is 12.1. The smallest absolute Gasteiger partial charge is 0.275 e. The lowest BCUT2D eigenvalue weighted by atomic mass is 9.96. The second-order valence-electron chi connectivity index (χ2n) is 8.84. The molecular formula is C25H34N2O5. The van der Waals surface area contributed by atoms with E-state index in [1.54, 1.807) is 6.07 Å². The third kappa shape index (κ3) is 7.43. The highest BCUT2D eigenvalue weighted by Crippen LogP contribution is 2.29. The van der Waals surface area contributed by atoms with Crippen molar-refractivity contribution in [2.24, 2.45) is 11.8 Å². The van der Waals surface area contributed by atoms with Gasteiger partial charge in [-0.05, 0) is 50.4 Å². The second kappa shape index (κ2) is 11.7. The molecule has 2 unspecified atom stereocenters. The van der Waals surface area contributed by atoms with Crippen LogP contribution in [-0.4, -0.2) is 35.0 Å². The van der Waals surface area contributed by atoms with Crippen LogP contribution in [0.15, 0.2) is 42.5 Å². The van der Waals surface area contributed by atoms with Gasteiger partial charge in [-0.15, -0.1) is 0 Å². The molecule has 2 aromatic carbocycles. The molecule has 0 fully saturated rings. The lowest BCUT2D eigenvalue weighted by molar-refractivity contribution is -0.386. The predicted molar refractivity (Wildman–Crippen MR) is 125 cm³/mol. The Kier molecular flexibility index (Phi) is 9.35. The average Bonchev–Trinajstić information content (AvgIpc) is 2.72. The fourth-order valence-corrected chi connectivity index (χ4v) is 3.50. The van der Waals surface area contributed by atoms with Gasteiger partial charge >= 0.3 is 0 Å². The minimum Gasteiger partial charge on any atom is -0.491 e. The molecule has 7 heteroatoms. The SMILES string of the molecule is CC(CNCC(O)c1cc(OC(C)C)ccc1[N+](=O)[O-])Cc1ccc(C(=O)C(C)C)cc1. The van der Waals surface area contributed by atoms with Crippen LogP contribution in [0.4, 0.5) is 5.69 Å². The first-order valence-corrected chi connectivity index (χ1v) is 11.0. The third-order valence-electron chi connectivity index (χ3n) is 5.10. The van der Waals surface area contributed by atoms with Gasteiger partial charge in [0.2, 0.25) is 0 Å². The molecule has 0 spiro atoms. The Balaban J connectivity index is 1.92. The molecule has 0 heterocycles. The van der Waals surface area contributed by atoms with E-state index in [9.17, 15) is 20.0 Å². The summed E-state index contributed by atoms with van der Waals surface area (Å²) in [6.07, 6.45) is -0.283. The summed E-state index contributed by atoms with van der Waals surface area (Å²) in [4.78, 5) is 22.9. The molecule has 32 heavy (non-hydrogen) atoms. The number of Topliss-reactive ketones (excluding diaryl/α,β-unsaturated/α-hetero) is 1. The number of hydrogen-bond acceptors (Lipinski definition) is 6. The minimum absolute atomic E-state index is 0.0242. The molecule has 7 nitrogen and oxygen atoms in total. The first-order valence-electron chi connectivity index (χ1n) is 11.0. The van der Waals surface area contributed by atoms with Crippen molar-refractivity contribution in [1.29, 1.82) is 0 Å². The van der Waals surface area contributed by atoms with Gasteiger partial charge < -0.3 is 15.2 Å². The topological polar surface area (TPSA) is 102 Å². The summed E-state index contributed by atoms with van der Waals surface area (Å²) in [5, 5.41) is 25.2. The van der Waals surface area contributed by atoms with Crippen molar-refractivity contribution in [3.05, 3.63) is 69.3 Å². The van der Waals surface area contributed by atoms with Crippen molar-refractivity contribution < 1.29 is 19.6 Å². The van der Waals surface area contributed by atoms with Crippen LogP contribution in [0.1, 0.15) is 62.2 Å². The second-order valence-corrected chi connectivity index (χ2v) is 8.84. The Hall–Kier alpha value is -2.77. The van der Waals surface area contributed by atoms with Crippen LogP contribution < -0.4 is 10.1 Å². The van der Waals surface area contributed by atoms with Gasteiger partial charge in [0.1, 0.15) is 5.75 Å². The molecule has 0 aliphatic heterocycles. The van der Waals surface area contributed by atoms with E-state index in [-0.39, 0.29) is 41.5 Å². The third-order valence-corrected chi connectivity index (χ3v) is 5.10. The number of ketones is 1. The zero-order valence-corrected chi connectivity index (χ0v) is 19.5. The highest BCUT2D eigenvalue weighted by Gasteiger charge is 2.22. The van der Waals surface area contributed by atoms with Crippen molar-refractivity contribution >= 4 is 11.5 Å². The number of rotatable bonds is 12. The number of nitrogens with one attached hydrogen (secondary N) is 1. The number of ether oxygens (including phenoxy) is 1. The first-order chi connectivity index (χ1) is 15.1. The molecule has 0 amide bonds. The van der Waals surface area contributed by atoms with E-state index >= 15 is 0 Å². The summed E-state index contributed by atoms with van der Waals surface area (Å²) in [5.74, 6) is 0.882. The molecule has 2 atom stereocenters. The zero-order valence-electron chi connectivity index (χ0n) is 19.5. The van der Waals surface area contributed by atoms with Gasteiger partial charge in [-0.25, -0.2) is 0 Å². The van der Waals surface area contributed by atoms with Gasteiger partial charge in [-0.2, -0.15) is 0 Å². The van der Waals surface area contributed by atoms with Gasteiger partial charge in [0, 0.05) is 24.1 Å². The van der Waals surface area contributed by atoms with Gasteiger partial charge in [-0.3, -0.25) is 14.9 Å². The molecular weight excluding hydrogens is 408 g/mol. The van der Waals surface area contributed by atoms with Crippen molar-refractivity contribution in [3.8, 4) is 5.75 Å². The normalized spacial score (nSPS) is 13.2. The molecule has 174 valence electrons. The van der Waals surface area contributed by atoms with Gasteiger partial charge in [-0.1, -0.05) is 45.0 Å². The Morgan fingerprint density at radius 1 is 1.06 bits per heavy atom. The quantitative estimate of drug-likeness (QED) is 0.280. The Morgan fingerprint density at radius 2 is 1.72 bits per heavy atom. The maximum absolute atomic E-state index is 12.1. The van der Waals surface area contributed by atoms with Crippen LogP contribution in [0.25, 0.3) is 0 Å².